The Bertz CT molecular complexity index is 596. The molecule has 0 saturated carbocycles. The topological polar surface area (TPSA) is 74.2 Å². The lowest BCUT2D eigenvalue weighted by atomic mass is 10.1. The van der Waals surface area contributed by atoms with E-state index >= 15 is 0 Å². The summed E-state index contributed by atoms with van der Waals surface area (Å²) >= 11 is 0. The third kappa shape index (κ3) is 30.5. The van der Waals surface area contributed by atoms with Crippen molar-refractivity contribution < 1.29 is 32.5 Å². The largest absolute Gasteiger partial charge is 0.472 e. The van der Waals surface area contributed by atoms with Crippen LogP contribution in [-0.2, 0) is 23.1 Å². The summed E-state index contributed by atoms with van der Waals surface area (Å²) in [6, 6.07) is 0. The van der Waals surface area contributed by atoms with E-state index in [-0.39, 0.29) is 13.2 Å². The van der Waals surface area contributed by atoms with E-state index in [9.17, 15) is 9.46 Å². The van der Waals surface area contributed by atoms with Gasteiger partial charge in [0.2, 0.25) is 0 Å². The Morgan fingerprint density at radius 1 is 0.692 bits per heavy atom. The summed E-state index contributed by atoms with van der Waals surface area (Å²) in [6.45, 7) is 4.02. The van der Waals surface area contributed by atoms with Crippen LogP contribution in [-0.4, -0.2) is 76.7 Å². The lowest BCUT2D eigenvalue weighted by Gasteiger charge is -2.24. The van der Waals surface area contributed by atoms with Gasteiger partial charge in [-0.2, -0.15) is 0 Å². The summed E-state index contributed by atoms with van der Waals surface area (Å²) in [5.41, 5.74) is 0. The molecule has 2 atom stereocenters. The van der Waals surface area contributed by atoms with Crippen LogP contribution in [0.5, 0.6) is 0 Å². The number of unbranched alkanes of at least 4 members (excludes halogenated alkanes) is 16. The van der Waals surface area contributed by atoms with Crippen molar-refractivity contribution in [1.82, 2.24) is 0 Å². The normalized spacial score (nSPS) is 14.7. The van der Waals surface area contributed by atoms with Gasteiger partial charge in [0.15, 0.2) is 0 Å². The first-order chi connectivity index (χ1) is 18.7. The number of allylic oxidation sites excluding steroid dienone is 2. The van der Waals surface area contributed by atoms with Crippen molar-refractivity contribution in [3.8, 4) is 0 Å². The van der Waals surface area contributed by atoms with E-state index in [1.165, 1.54) is 109 Å². The standard InChI is InChI=1S/C31H64NO6P/c1-6-7-8-9-10-11-12-13-14-15-16-17-18-19-20-21-22-23-24-25-27-36-29-31(35-5)30-38-39(33,34)37-28-26-32(2,3)4/h13-14,31H,6-12,15-30H2,1-5H3/p+1/t31-/m0/s1. The van der Waals surface area contributed by atoms with Gasteiger partial charge in [-0.3, -0.25) is 9.05 Å². The third-order valence-electron chi connectivity index (χ3n) is 6.88. The molecule has 0 spiro atoms. The molecule has 0 saturated heterocycles. The van der Waals surface area contributed by atoms with E-state index in [2.05, 4.69) is 19.1 Å². The Morgan fingerprint density at radius 3 is 1.67 bits per heavy atom. The minimum absolute atomic E-state index is 0.0371. The number of hydrogen-bond acceptors (Lipinski definition) is 5. The molecule has 0 heterocycles. The first-order valence-corrected chi connectivity index (χ1v) is 17.4. The number of methoxy groups -OCH3 is 1. The maximum absolute atomic E-state index is 12.0. The van der Waals surface area contributed by atoms with E-state index in [1.54, 1.807) is 7.11 Å². The number of hydrogen-bond donors (Lipinski definition) is 1. The quantitative estimate of drug-likeness (QED) is 0.0399. The summed E-state index contributed by atoms with van der Waals surface area (Å²) in [5.74, 6) is 0. The molecular formula is C31H65NO6P+. The van der Waals surface area contributed by atoms with E-state index in [4.69, 9.17) is 18.5 Å². The minimum atomic E-state index is -4.08. The smallest absolute Gasteiger partial charge is 0.379 e. The molecule has 0 aliphatic carbocycles. The zero-order valence-electron chi connectivity index (χ0n) is 26.4. The number of phosphoric acid groups is 1. The molecule has 0 aromatic heterocycles. The van der Waals surface area contributed by atoms with Crippen LogP contribution in [0, 0.1) is 0 Å². The molecule has 0 aliphatic heterocycles. The second-order valence-electron chi connectivity index (χ2n) is 11.9. The summed E-state index contributed by atoms with van der Waals surface area (Å²) < 4.78 is 33.7. The van der Waals surface area contributed by atoms with Gasteiger partial charge >= 0.3 is 7.82 Å². The molecule has 39 heavy (non-hydrogen) atoms. The van der Waals surface area contributed by atoms with Crippen LogP contribution in [0.4, 0.5) is 0 Å². The number of ether oxygens (including phenoxy) is 2. The fraction of sp³-hybridized carbons (Fsp3) is 0.935. The molecule has 0 radical (unpaired) electrons. The van der Waals surface area contributed by atoms with Crippen LogP contribution in [0.2, 0.25) is 0 Å². The van der Waals surface area contributed by atoms with Gasteiger partial charge in [-0.15, -0.1) is 0 Å². The number of rotatable bonds is 30. The third-order valence-corrected chi connectivity index (χ3v) is 7.86. The Balaban J connectivity index is 3.46. The zero-order chi connectivity index (χ0) is 29.1. The molecule has 7 nitrogen and oxygen atoms in total. The van der Waals surface area contributed by atoms with Gasteiger partial charge in [-0.05, 0) is 32.1 Å². The maximum Gasteiger partial charge on any atom is 0.472 e. The first-order valence-electron chi connectivity index (χ1n) is 15.9. The molecule has 1 N–H and O–H groups in total. The Kier molecular flexibility index (Phi) is 26.4. The minimum Gasteiger partial charge on any atom is -0.379 e. The molecule has 1 unspecified atom stereocenters. The highest BCUT2D eigenvalue weighted by atomic mass is 31.2. The second-order valence-corrected chi connectivity index (χ2v) is 13.3. The number of phosphoric ester groups is 1. The van der Waals surface area contributed by atoms with Crippen LogP contribution in [0.25, 0.3) is 0 Å². The highest BCUT2D eigenvalue weighted by Gasteiger charge is 2.24. The molecular weight excluding hydrogens is 513 g/mol. The van der Waals surface area contributed by atoms with Crippen molar-refractivity contribution in [2.75, 3.05) is 61.2 Å². The van der Waals surface area contributed by atoms with Crippen LogP contribution in [0.15, 0.2) is 12.2 Å². The fourth-order valence-corrected chi connectivity index (χ4v) is 4.94. The summed E-state index contributed by atoms with van der Waals surface area (Å²) in [5, 5.41) is 0. The van der Waals surface area contributed by atoms with Gasteiger partial charge in [-0.1, -0.05) is 103 Å². The first kappa shape index (κ1) is 38.7. The van der Waals surface area contributed by atoms with Crippen molar-refractivity contribution >= 4 is 7.82 Å². The number of likely N-dealkylation sites (N-methyl/N-ethyl adjacent to an activating group) is 1. The van der Waals surface area contributed by atoms with Crippen molar-refractivity contribution in [1.29, 1.82) is 0 Å². The second kappa shape index (κ2) is 26.6. The Morgan fingerprint density at radius 2 is 1.18 bits per heavy atom. The number of quaternary nitrogens is 1. The highest BCUT2D eigenvalue weighted by Crippen LogP contribution is 2.43. The Hall–Kier alpha value is -0.270. The predicted octanol–water partition coefficient (Wildman–Crippen LogP) is 8.46. The average Bonchev–Trinajstić information content (AvgIpc) is 2.88. The summed E-state index contributed by atoms with van der Waals surface area (Å²) in [4.78, 5) is 9.81. The molecule has 0 aliphatic rings. The van der Waals surface area contributed by atoms with Crippen molar-refractivity contribution in [3.63, 3.8) is 0 Å². The van der Waals surface area contributed by atoms with Gasteiger partial charge in [0, 0.05) is 13.7 Å². The monoisotopic (exact) mass is 578 g/mol. The molecule has 0 rings (SSSR count). The average molecular weight is 579 g/mol. The summed E-state index contributed by atoms with van der Waals surface area (Å²) in [6.07, 6.45) is 28.1. The van der Waals surface area contributed by atoms with Crippen LogP contribution in [0.3, 0.4) is 0 Å². The van der Waals surface area contributed by atoms with E-state index < -0.39 is 13.9 Å². The van der Waals surface area contributed by atoms with Gasteiger partial charge < -0.3 is 18.9 Å². The fourth-order valence-electron chi connectivity index (χ4n) is 4.20. The highest BCUT2D eigenvalue weighted by molar-refractivity contribution is 7.47. The molecule has 0 amide bonds. The molecule has 0 bridgehead atoms. The summed E-state index contributed by atoms with van der Waals surface area (Å²) in [7, 11) is 3.44. The van der Waals surface area contributed by atoms with Gasteiger partial charge in [0.1, 0.15) is 19.3 Å². The zero-order valence-corrected chi connectivity index (χ0v) is 27.3. The Labute approximate surface area is 242 Å². The van der Waals surface area contributed by atoms with Crippen LogP contribution >= 0.6 is 7.82 Å². The van der Waals surface area contributed by atoms with Gasteiger partial charge in [0.25, 0.3) is 0 Å². The molecule has 8 heteroatoms. The SMILES string of the molecule is CCCCCCCCC=CCCCCCCCCCCCCOC[C@@H](COP(=O)(O)OCC[N+](C)(C)C)OC. The maximum atomic E-state index is 12.0. The van der Waals surface area contributed by atoms with E-state index in [0.29, 0.717) is 24.2 Å². The molecule has 0 aromatic carbocycles. The predicted molar refractivity (Wildman–Crippen MR) is 164 cm³/mol. The van der Waals surface area contributed by atoms with Crippen LogP contribution in [0.1, 0.15) is 122 Å². The number of nitrogens with zero attached hydrogens (tertiary/aromatic N) is 1. The van der Waals surface area contributed by atoms with Crippen molar-refractivity contribution in [2.24, 2.45) is 0 Å². The van der Waals surface area contributed by atoms with Crippen molar-refractivity contribution in [2.45, 2.75) is 129 Å². The van der Waals surface area contributed by atoms with Crippen LogP contribution < -0.4 is 0 Å². The lowest BCUT2D eigenvalue weighted by Crippen LogP contribution is -2.37. The van der Waals surface area contributed by atoms with E-state index in [1.807, 2.05) is 21.1 Å². The lowest BCUT2D eigenvalue weighted by molar-refractivity contribution is -0.870. The van der Waals surface area contributed by atoms with Gasteiger partial charge in [0.05, 0.1) is 34.4 Å². The molecule has 234 valence electrons. The molecule has 0 aromatic rings. The van der Waals surface area contributed by atoms with E-state index in [0.717, 1.165) is 6.42 Å². The molecule has 0 fully saturated rings. The van der Waals surface area contributed by atoms with Gasteiger partial charge in [-0.25, -0.2) is 4.57 Å². The van der Waals surface area contributed by atoms with Crippen molar-refractivity contribution in [3.05, 3.63) is 12.2 Å².